The third-order valence-electron chi connectivity index (χ3n) is 8.12. The zero-order chi connectivity index (χ0) is 27.9. The maximum Gasteiger partial charge on any atom is 0.0709 e. The first-order chi connectivity index (χ1) is 20.8. The van der Waals surface area contributed by atoms with E-state index in [9.17, 15) is 0 Å². The van der Waals surface area contributed by atoms with Crippen LogP contribution in [0.4, 0.5) is 22.7 Å². The highest BCUT2D eigenvalue weighted by molar-refractivity contribution is 6.17. The van der Waals surface area contributed by atoms with E-state index in [4.69, 9.17) is 0 Å². The number of hydrogen-bond donors (Lipinski definition) is 2. The van der Waals surface area contributed by atoms with Gasteiger partial charge in [-0.05, 0) is 103 Å². The fraction of sp³-hybridized carbons (Fsp3) is 0. The van der Waals surface area contributed by atoms with Crippen LogP contribution in [0.2, 0.25) is 0 Å². The van der Waals surface area contributed by atoms with Gasteiger partial charge in [-0.25, -0.2) is 0 Å². The third kappa shape index (κ3) is 4.31. The molecular formula is C40H28N2. The molecule has 0 unspecified atom stereocenters. The number of nitrogens with one attached hydrogen (secondary N) is 2. The van der Waals surface area contributed by atoms with Crippen LogP contribution in [0.3, 0.4) is 0 Å². The van der Waals surface area contributed by atoms with Gasteiger partial charge in [0.1, 0.15) is 0 Å². The predicted octanol–water partition coefficient (Wildman–Crippen LogP) is 11.5. The van der Waals surface area contributed by atoms with Gasteiger partial charge in [0, 0.05) is 16.9 Å². The smallest absolute Gasteiger partial charge is 0.0709 e. The number of rotatable bonds is 5. The molecule has 8 aromatic rings. The molecule has 0 aromatic heterocycles. The molecule has 8 rings (SSSR count). The molecule has 0 spiro atoms. The van der Waals surface area contributed by atoms with Crippen molar-refractivity contribution >= 4 is 65.8 Å². The second kappa shape index (κ2) is 10.1. The van der Waals surface area contributed by atoms with Crippen LogP contribution in [-0.2, 0) is 0 Å². The number of anilines is 4. The number of hydrogen-bond acceptors (Lipinski definition) is 2. The standard InChI is InChI=1S/C40H28N2/c1-3-17-33(18-4-1)41-38-26-32-23-28-13-8-10-15-30(28)25-37(32)39(40(38)42-34-19-5-2-6-20-34)35-21-11-16-31-22-27-12-7-9-14-29(27)24-36(31)35/h1-26,41-42H. The summed E-state index contributed by atoms with van der Waals surface area (Å²) in [6, 6.07) is 56.4. The lowest BCUT2D eigenvalue weighted by atomic mass is 9.89. The average molecular weight is 537 g/mol. The van der Waals surface area contributed by atoms with Gasteiger partial charge < -0.3 is 10.6 Å². The highest BCUT2D eigenvalue weighted by Crippen LogP contribution is 2.46. The Morgan fingerprint density at radius 3 is 1.48 bits per heavy atom. The van der Waals surface area contributed by atoms with E-state index in [0.29, 0.717) is 0 Å². The van der Waals surface area contributed by atoms with E-state index >= 15 is 0 Å². The molecule has 0 saturated heterocycles. The summed E-state index contributed by atoms with van der Waals surface area (Å²) in [5.41, 5.74) is 6.55. The molecule has 2 N–H and O–H groups in total. The maximum atomic E-state index is 3.84. The van der Waals surface area contributed by atoms with E-state index in [1.54, 1.807) is 0 Å². The Balaban J connectivity index is 1.50. The van der Waals surface area contributed by atoms with Gasteiger partial charge >= 0.3 is 0 Å². The van der Waals surface area contributed by atoms with Gasteiger partial charge in [0.05, 0.1) is 11.4 Å². The Bertz CT molecular complexity index is 2240. The molecule has 0 amide bonds. The van der Waals surface area contributed by atoms with Crippen LogP contribution in [0.15, 0.2) is 158 Å². The fourth-order valence-electron chi connectivity index (χ4n) is 6.13. The first-order valence-electron chi connectivity index (χ1n) is 14.4. The van der Waals surface area contributed by atoms with Crippen molar-refractivity contribution in [1.29, 1.82) is 0 Å². The van der Waals surface area contributed by atoms with Crippen molar-refractivity contribution in [2.24, 2.45) is 0 Å². The molecule has 0 aliphatic carbocycles. The average Bonchev–Trinajstić information content (AvgIpc) is 3.04. The summed E-state index contributed by atoms with van der Waals surface area (Å²) in [4.78, 5) is 0. The summed E-state index contributed by atoms with van der Waals surface area (Å²) in [6.07, 6.45) is 0. The minimum absolute atomic E-state index is 1.03. The van der Waals surface area contributed by atoms with Gasteiger partial charge in [-0.1, -0.05) is 103 Å². The molecule has 0 bridgehead atoms. The molecule has 2 heteroatoms. The second-order valence-electron chi connectivity index (χ2n) is 10.8. The highest BCUT2D eigenvalue weighted by atomic mass is 15.0. The fourth-order valence-corrected chi connectivity index (χ4v) is 6.13. The van der Waals surface area contributed by atoms with E-state index in [0.717, 1.165) is 22.7 Å². The zero-order valence-corrected chi connectivity index (χ0v) is 23.0. The van der Waals surface area contributed by atoms with Crippen molar-refractivity contribution in [2.45, 2.75) is 0 Å². The van der Waals surface area contributed by atoms with Crippen LogP contribution in [-0.4, -0.2) is 0 Å². The van der Waals surface area contributed by atoms with E-state index in [1.165, 1.54) is 54.2 Å². The number of benzene rings is 8. The minimum Gasteiger partial charge on any atom is -0.354 e. The van der Waals surface area contributed by atoms with Gasteiger partial charge in [0.25, 0.3) is 0 Å². The largest absolute Gasteiger partial charge is 0.354 e. The van der Waals surface area contributed by atoms with Crippen molar-refractivity contribution in [1.82, 2.24) is 0 Å². The first-order valence-corrected chi connectivity index (χ1v) is 14.4. The monoisotopic (exact) mass is 536 g/mol. The summed E-state index contributed by atoms with van der Waals surface area (Å²) >= 11 is 0. The highest BCUT2D eigenvalue weighted by Gasteiger charge is 2.19. The van der Waals surface area contributed by atoms with Crippen LogP contribution >= 0.6 is 0 Å². The van der Waals surface area contributed by atoms with E-state index < -0.39 is 0 Å². The molecule has 198 valence electrons. The topological polar surface area (TPSA) is 24.1 Å². The van der Waals surface area contributed by atoms with Crippen molar-refractivity contribution < 1.29 is 0 Å². The normalized spacial score (nSPS) is 11.3. The van der Waals surface area contributed by atoms with Crippen LogP contribution in [0, 0.1) is 0 Å². The Kier molecular flexibility index (Phi) is 5.82. The van der Waals surface area contributed by atoms with Gasteiger partial charge in [0.2, 0.25) is 0 Å². The molecule has 0 radical (unpaired) electrons. The summed E-state index contributed by atoms with van der Waals surface area (Å²) < 4.78 is 0. The van der Waals surface area contributed by atoms with Crippen molar-refractivity contribution in [3.8, 4) is 11.1 Å². The molecule has 0 aliphatic rings. The Labute approximate surface area is 244 Å². The van der Waals surface area contributed by atoms with Crippen LogP contribution in [0.25, 0.3) is 54.2 Å². The second-order valence-corrected chi connectivity index (χ2v) is 10.8. The summed E-state index contributed by atoms with van der Waals surface area (Å²) in [5, 5.41) is 17.4. The van der Waals surface area contributed by atoms with E-state index in [1.807, 2.05) is 6.07 Å². The van der Waals surface area contributed by atoms with Crippen LogP contribution in [0.5, 0.6) is 0 Å². The summed E-state index contributed by atoms with van der Waals surface area (Å²) in [5.74, 6) is 0. The van der Waals surface area contributed by atoms with Gasteiger partial charge in [-0.15, -0.1) is 0 Å². The van der Waals surface area contributed by atoms with Crippen LogP contribution in [0.1, 0.15) is 0 Å². The van der Waals surface area contributed by atoms with Gasteiger partial charge in [-0.3, -0.25) is 0 Å². The molecular weight excluding hydrogens is 508 g/mol. The van der Waals surface area contributed by atoms with Crippen molar-refractivity contribution in [2.75, 3.05) is 10.6 Å². The zero-order valence-electron chi connectivity index (χ0n) is 23.0. The Morgan fingerprint density at radius 2 is 0.833 bits per heavy atom. The maximum absolute atomic E-state index is 3.84. The molecule has 0 fully saturated rings. The Hall–Kier alpha value is -5.60. The van der Waals surface area contributed by atoms with E-state index in [-0.39, 0.29) is 0 Å². The number of para-hydroxylation sites is 2. The molecule has 42 heavy (non-hydrogen) atoms. The molecule has 0 saturated carbocycles. The lowest BCUT2D eigenvalue weighted by Gasteiger charge is -2.22. The molecule has 2 nitrogen and oxygen atoms in total. The quantitative estimate of drug-likeness (QED) is 0.214. The van der Waals surface area contributed by atoms with Gasteiger partial charge in [0.15, 0.2) is 0 Å². The molecule has 8 aromatic carbocycles. The van der Waals surface area contributed by atoms with Crippen LogP contribution < -0.4 is 10.6 Å². The predicted molar refractivity (Wildman–Crippen MR) is 181 cm³/mol. The minimum atomic E-state index is 1.03. The van der Waals surface area contributed by atoms with E-state index in [2.05, 4.69) is 162 Å². The number of fused-ring (bicyclic) bond motifs is 4. The first kappa shape index (κ1) is 24.2. The summed E-state index contributed by atoms with van der Waals surface area (Å²) in [6.45, 7) is 0. The van der Waals surface area contributed by atoms with Gasteiger partial charge in [-0.2, -0.15) is 0 Å². The van der Waals surface area contributed by atoms with Crippen molar-refractivity contribution in [3.05, 3.63) is 158 Å². The Morgan fingerprint density at radius 1 is 0.333 bits per heavy atom. The molecule has 0 atom stereocenters. The lowest BCUT2D eigenvalue weighted by molar-refractivity contribution is 1.52. The SMILES string of the molecule is c1ccc(Nc2cc3cc4ccccc4cc3c(-c3cccc4cc5ccccc5cc34)c2Nc2ccccc2)cc1. The summed E-state index contributed by atoms with van der Waals surface area (Å²) in [7, 11) is 0. The third-order valence-corrected chi connectivity index (χ3v) is 8.12. The lowest BCUT2D eigenvalue weighted by Crippen LogP contribution is -2.01. The van der Waals surface area contributed by atoms with Crippen molar-refractivity contribution in [3.63, 3.8) is 0 Å². The molecule has 0 heterocycles. The molecule has 0 aliphatic heterocycles.